The highest BCUT2D eigenvalue weighted by Gasteiger charge is 2.53. The molecule has 2 aliphatic rings. The third-order valence-electron chi connectivity index (χ3n) is 5.58. The predicted molar refractivity (Wildman–Crippen MR) is 71.1 cm³/mol. The first kappa shape index (κ1) is 14.3. The molecule has 0 aromatic heterocycles. The summed E-state index contributed by atoms with van der Waals surface area (Å²) in [6.45, 7) is 7.48. The van der Waals surface area contributed by atoms with E-state index in [0.717, 1.165) is 32.1 Å². The number of hydrogen-bond donors (Lipinski definition) is 3. The normalized spacial score (nSPS) is 49.8. The van der Waals surface area contributed by atoms with Gasteiger partial charge in [0, 0.05) is 0 Å². The first-order chi connectivity index (χ1) is 8.04. The quantitative estimate of drug-likeness (QED) is 0.673. The maximum atomic E-state index is 10.6. The van der Waals surface area contributed by atoms with E-state index in [9.17, 15) is 15.3 Å². The monoisotopic (exact) mass is 256 g/mol. The van der Waals surface area contributed by atoms with Gasteiger partial charge in [-0.15, -0.1) is 0 Å². The van der Waals surface area contributed by atoms with E-state index in [1.807, 2.05) is 27.7 Å². The maximum absolute atomic E-state index is 10.6. The van der Waals surface area contributed by atoms with Gasteiger partial charge in [-0.3, -0.25) is 0 Å². The fourth-order valence-corrected chi connectivity index (χ4v) is 4.15. The molecule has 2 rings (SSSR count). The van der Waals surface area contributed by atoms with Crippen LogP contribution in [0.1, 0.15) is 59.8 Å². The second-order valence-electron chi connectivity index (χ2n) is 7.59. The molecule has 3 heteroatoms. The third-order valence-corrected chi connectivity index (χ3v) is 5.58. The molecule has 0 radical (unpaired) electrons. The van der Waals surface area contributed by atoms with Gasteiger partial charge >= 0.3 is 0 Å². The van der Waals surface area contributed by atoms with Crippen LogP contribution in [0, 0.1) is 17.8 Å². The van der Waals surface area contributed by atoms with Gasteiger partial charge in [-0.1, -0.05) is 0 Å². The highest BCUT2D eigenvalue weighted by molar-refractivity contribution is 5.04. The lowest BCUT2D eigenvalue weighted by molar-refractivity contribution is -0.0588. The summed E-state index contributed by atoms with van der Waals surface area (Å²) in [5.74, 6) is 0.426. The average molecular weight is 256 g/mol. The van der Waals surface area contributed by atoms with Crippen molar-refractivity contribution in [1.29, 1.82) is 0 Å². The maximum Gasteiger partial charge on any atom is 0.0651 e. The van der Waals surface area contributed by atoms with Crippen molar-refractivity contribution in [2.45, 2.75) is 76.6 Å². The fraction of sp³-hybridized carbons (Fsp3) is 1.00. The van der Waals surface area contributed by atoms with Crippen molar-refractivity contribution in [2.75, 3.05) is 0 Å². The molecular weight excluding hydrogens is 228 g/mol. The highest BCUT2D eigenvalue weighted by Crippen LogP contribution is 2.53. The molecule has 5 atom stereocenters. The van der Waals surface area contributed by atoms with Gasteiger partial charge in [-0.2, -0.15) is 0 Å². The second kappa shape index (κ2) is 4.19. The van der Waals surface area contributed by atoms with Gasteiger partial charge in [0.15, 0.2) is 0 Å². The SMILES string of the molecule is CC(C)(O)[C@@H]1CC[C@](C)(O)[C@H]2CC[C@](C)(O)[C@H]2C1. The molecule has 2 saturated carbocycles. The fourth-order valence-electron chi connectivity index (χ4n) is 4.15. The van der Waals surface area contributed by atoms with Crippen molar-refractivity contribution < 1.29 is 15.3 Å². The number of fused-ring (bicyclic) bond motifs is 1. The lowest BCUT2D eigenvalue weighted by Crippen LogP contribution is -2.41. The summed E-state index contributed by atoms with van der Waals surface area (Å²) >= 11 is 0. The van der Waals surface area contributed by atoms with Gasteiger partial charge in [-0.25, -0.2) is 0 Å². The molecule has 0 aromatic rings. The summed E-state index contributed by atoms with van der Waals surface area (Å²) < 4.78 is 0. The Bertz CT molecular complexity index is 314. The third kappa shape index (κ3) is 2.45. The van der Waals surface area contributed by atoms with Crippen molar-refractivity contribution in [1.82, 2.24) is 0 Å². The molecule has 0 spiro atoms. The number of rotatable bonds is 1. The van der Waals surface area contributed by atoms with Crippen LogP contribution in [0.5, 0.6) is 0 Å². The van der Waals surface area contributed by atoms with Crippen molar-refractivity contribution >= 4 is 0 Å². The summed E-state index contributed by atoms with van der Waals surface area (Å²) in [7, 11) is 0. The van der Waals surface area contributed by atoms with Crippen LogP contribution in [0.2, 0.25) is 0 Å². The minimum atomic E-state index is -0.732. The van der Waals surface area contributed by atoms with Crippen LogP contribution in [-0.2, 0) is 0 Å². The van der Waals surface area contributed by atoms with Crippen molar-refractivity contribution in [3.63, 3.8) is 0 Å². The van der Waals surface area contributed by atoms with Gasteiger partial charge in [0.1, 0.15) is 0 Å². The molecule has 18 heavy (non-hydrogen) atoms. The summed E-state index contributed by atoms with van der Waals surface area (Å²) in [6.07, 6.45) is 4.02. The van der Waals surface area contributed by atoms with E-state index in [1.165, 1.54) is 0 Å². The molecule has 0 saturated heterocycles. The Hall–Kier alpha value is -0.120. The molecular formula is C15H28O3. The van der Waals surface area contributed by atoms with Gasteiger partial charge < -0.3 is 15.3 Å². The Labute approximate surface area is 110 Å². The van der Waals surface area contributed by atoms with Crippen molar-refractivity contribution in [3.8, 4) is 0 Å². The van der Waals surface area contributed by atoms with Crippen LogP contribution < -0.4 is 0 Å². The average Bonchev–Trinajstić information content (AvgIpc) is 2.37. The zero-order valence-electron chi connectivity index (χ0n) is 12.1. The summed E-state index contributed by atoms with van der Waals surface area (Å²) in [5.41, 5.74) is -2.13. The lowest BCUT2D eigenvalue weighted by atomic mass is 9.74. The Kier molecular flexibility index (Phi) is 3.33. The topological polar surface area (TPSA) is 60.7 Å². The van der Waals surface area contributed by atoms with Crippen molar-refractivity contribution in [3.05, 3.63) is 0 Å². The molecule has 3 N–H and O–H groups in total. The van der Waals surface area contributed by atoms with Crippen LogP contribution in [0.25, 0.3) is 0 Å². The molecule has 2 fully saturated rings. The summed E-state index contributed by atoms with van der Waals surface area (Å²) in [5, 5.41) is 31.4. The molecule has 0 heterocycles. The Balaban J connectivity index is 2.29. The lowest BCUT2D eigenvalue weighted by Gasteiger charge is -2.36. The molecule has 106 valence electrons. The van der Waals surface area contributed by atoms with E-state index < -0.39 is 16.8 Å². The number of hydrogen-bond acceptors (Lipinski definition) is 3. The molecule has 2 aliphatic carbocycles. The van der Waals surface area contributed by atoms with Gasteiger partial charge in [0.2, 0.25) is 0 Å². The molecule has 0 unspecified atom stereocenters. The standard InChI is InChI=1S/C15H28O3/c1-13(2,16)10-5-7-14(3,17)11-6-8-15(4,18)12(11)9-10/h10-12,16-18H,5-9H2,1-4H3/t10-,11+,12+,14+,15+/m1/s1. The van der Waals surface area contributed by atoms with Crippen LogP contribution in [0.3, 0.4) is 0 Å². The molecule has 0 aliphatic heterocycles. The minimum Gasteiger partial charge on any atom is -0.390 e. The Morgan fingerprint density at radius 2 is 1.44 bits per heavy atom. The van der Waals surface area contributed by atoms with Gasteiger partial charge in [0.25, 0.3) is 0 Å². The largest absolute Gasteiger partial charge is 0.390 e. The van der Waals surface area contributed by atoms with E-state index in [2.05, 4.69) is 0 Å². The van der Waals surface area contributed by atoms with E-state index in [0.29, 0.717) is 0 Å². The second-order valence-corrected chi connectivity index (χ2v) is 7.59. The van der Waals surface area contributed by atoms with Crippen LogP contribution >= 0.6 is 0 Å². The van der Waals surface area contributed by atoms with E-state index in [-0.39, 0.29) is 17.8 Å². The Morgan fingerprint density at radius 1 is 0.944 bits per heavy atom. The minimum absolute atomic E-state index is 0.103. The van der Waals surface area contributed by atoms with Gasteiger partial charge in [-0.05, 0) is 77.6 Å². The zero-order valence-corrected chi connectivity index (χ0v) is 12.1. The predicted octanol–water partition coefficient (Wildman–Crippen LogP) is 2.09. The summed E-state index contributed by atoms with van der Waals surface area (Å²) in [6, 6.07) is 0. The molecule has 0 aromatic carbocycles. The Morgan fingerprint density at radius 3 is 2.00 bits per heavy atom. The van der Waals surface area contributed by atoms with E-state index >= 15 is 0 Å². The van der Waals surface area contributed by atoms with Gasteiger partial charge in [0.05, 0.1) is 16.8 Å². The molecule has 0 amide bonds. The molecule has 0 bridgehead atoms. The zero-order chi connectivity index (χ0) is 13.8. The van der Waals surface area contributed by atoms with Crippen molar-refractivity contribution in [2.24, 2.45) is 17.8 Å². The highest BCUT2D eigenvalue weighted by atomic mass is 16.3. The van der Waals surface area contributed by atoms with Crippen LogP contribution in [0.15, 0.2) is 0 Å². The molecule has 3 nitrogen and oxygen atoms in total. The van der Waals surface area contributed by atoms with E-state index in [4.69, 9.17) is 0 Å². The number of aliphatic hydroxyl groups is 3. The van der Waals surface area contributed by atoms with E-state index in [1.54, 1.807) is 0 Å². The summed E-state index contributed by atoms with van der Waals surface area (Å²) in [4.78, 5) is 0. The first-order valence-electron chi connectivity index (χ1n) is 7.21. The first-order valence-corrected chi connectivity index (χ1v) is 7.21. The smallest absolute Gasteiger partial charge is 0.0651 e. The van der Waals surface area contributed by atoms with Crippen LogP contribution in [-0.4, -0.2) is 32.1 Å². The van der Waals surface area contributed by atoms with Crippen LogP contribution in [0.4, 0.5) is 0 Å².